The van der Waals surface area contributed by atoms with Crippen LogP contribution in [0.3, 0.4) is 0 Å². The molecule has 1 aliphatic rings. The van der Waals surface area contributed by atoms with E-state index in [0.717, 1.165) is 11.0 Å². The van der Waals surface area contributed by atoms with Gasteiger partial charge in [-0.25, -0.2) is 4.39 Å². The number of benzene rings is 1. The van der Waals surface area contributed by atoms with Gasteiger partial charge in [-0.3, -0.25) is 19.3 Å². The Balaban J connectivity index is 2.08. The summed E-state index contributed by atoms with van der Waals surface area (Å²) < 4.78 is 51.3. The fourth-order valence-electron chi connectivity index (χ4n) is 2.54. The first-order valence-electron chi connectivity index (χ1n) is 7.33. The lowest BCUT2D eigenvalue weighted by Gasteiger charge is -2.51. The number of amides is 3. The molecule has 1 fully saturated rings. The Morgan fingerprint density at radius 3 is 2.27 bits per heavy atom. The zero-order valence-electron chi connectivity index (χ0n) is 13.9. The van der Waals surface area contributed by atoms with Gasteiger partial charge in [0.15, 0.2) is 0 Å². The molecule has 3 amide bonds. The molecule has 11 heteroatoms. The van der Waals surface area contributed by atoms with Gasteiger partial charge in [0.25, 0.3) is 0 Å². The quantitative estimate of drug-likeness (QED) is 0.590. The number of nitrogens with two attached hydrogens (primary N) is 1. The third-order valence-electron chi connectivity index (χ3n) is 4.23. The van der Waals surface area contributed by atoms with Crippen LogP contribution in [0.25, 0.3) is 0 Å². The average molecular weight is 376 g/mol. The van der Waals surface area contributed by atoms with Gasteiger partial charge < -0.3 is 16.0 Å². The topological polar surface area (TPSA) is 95.7 Å². The number of likely N-dealkylation sites (N-methyl/N-ethyl adjacent to an activating group) is 1. The van der Waals surface area contributed by atoms with E-state index in [4.69, 9.17) is 5.73 Å². The predicted octanol–water partition coefficient (Wildman–Crippen LogP) is 0.411. The zero-order chi connectivity index (χ0) is 19.9. The van der Waals surface area contributed by atoms with Crippen LogP contribution in [0.15, 0.2) is 18.2 Å². The Labute approximate surface area is 145 Å². The Hall–Kier alpha value is -2.69. The van der Waals surface area contributed by atoms with Crippen molar-refractivity contribution < 1.29 is 31.9 Å². The van der Waals surface area contributed by atoms with E-state index < -0.39 is 40.8 Å². The highest BCUT2D eigenvalue weighted by atomic mass is 19.4. The predicted molar refractivity (Wildman–Crippen MR) is 82.2 cm³/mol. The Bertz CT molecular complexity index is 758. The van der Waals surface area contributed by atoms with Crippen molar-refractivity contribution >= 4 is 23.4 Å². The van der Waals surface area contributed by atoms with E-state index in [0.29, 0.717) is 12.1 Å². The van der Waals surface area contributed by atoms with Gasteiger partial charge in [0.2, 0.25) is 5.91 Å². The third-order valence-corrected chi connectivity index (χ3v) is 4.23. The molecule has 26 heavy (non-hydrogen) atoms. The van der Waals surface area contributed by atoms with Crippen molar-refractivity contribution in [2.75, 3.05) is 32.5 Å². The summed E-state index contributed by atoms with van der Waals surface area (Å²) in [6, 6.07) is 1.83. The molecule has 2 rings (SSSR count). The lowest BCUT2D eigenvalue weighted by molar-refractivity contribution is -0.157. The van der Waals surface area contributed by atoms with Gasteiger partial charge in [-0.05, 0) is 32.3 Å². The molecule has 3 N–H and O–H groups in total. The molecular formula is C15H16F4N4O3. The molecule has 7 nitrogen and oxygen atoms in total. The molecule has 1 heterocycles. The molecule has 1 aliphatic heterocycles. The van der Waals surface area contributed by atoms with Crippen molar-refractivity contribution in [1.29, 1.82) is 0 Å². The number of rotatable bonds is 3. The number of anilines is 1. The van der Waals surface area contributed by atoms with Crippen molar-refractivity contribution in [3.05, 3.63) is 29.6 Å². The number of carbonyl (C=O) groups excluding carboxylic acids is 3. The van der Waals surface area contributed by atoms with Crippen molar-refractivity contribution in [2.24, 2.45) is 5.73 Å². The highest BCUT2D eigenvalue weighted by Crippen LogP contribution is 2.33. The molecule has 1 saturated heterocycles. The van der Waals surface area contributed by atoms with Crippen LogP contribution in [0.5, 0.6) is 0 Å². The summed E-state index contributed by atoms with van der Waals surface area (Å²) in [5.41, 5.74) is 2.26. The number of primary amides is 1. The number of halogens is 4. The molecule has 1 aromatic carbocycles. The zero-order valence-corrected chi connectivity index (χ0v) is 13.9. The summed E-state index contributed by atoms with van der Waals surface area (Å²) in [4.78, 5) is 38.1. The summed E-state index contributed by atoms with van der Waals surface area (Å²) in [6.07, 6.45) is -4.95. The molecule has 1 aromatic rings. The van der Waals surface area contributed by atoms with Crippen LogP contribution in [0.2, 0.25) is 0 Å². The second-order valence-corrected chi connectivity index (χ2v) is 6.10. The lowest BCUT2D eigenvalue weighted by atomic mass is 9.87. The Morgan fingerprint density at radius 1 is 1.23 bits per heavy atom. The minimum Gasteiger partial charge on any atom is -0.368 e. The van der Waals surface area contributed by atoms with E-state index in [1.54, 1.807) is 14.1 Å². The van der Waals surface area contributed by atoms with Gasteiger partial charge >= 0.3 is 18.0 Å². The highest BCUT2D eigenvalue weighted by Gasteiger charge is 2.52. The average Bonchev–Trinajstić information content (AvgIpc) is 2.45. The van der Waals surface area contributed by atoms with Crippen LogP contribution in [0.4, 0.5) is 23.2 Å². The smallest absolute Gasteiger partial charge is 0.368 e. The molecule has 0 aliphatic carbocycles. The maximum absolute atomic E-state index is 13.2. The summed E-state index contributed by atoms with van der Waals surface area (Å²) in [5.74, 6) is -4.41. The van der Waals surface area contributed by atoms with Crippen LogP contribution < -0.4 is 11.1 Å². The van der Waals surface area contributed by atoms with E-state index in [2.05, 4.69) is 0 Å². The normalized spacial score (nSPS) is 16.2. The molecule has 0 bridgehead atoms. The number of hydrogen-bond acceptors (Lipinski definition) is 4. The lowest BCUT2D eigenvalue weighted by Crippen LogP contribution is -2.75. The standard InChI is InChI=1S/C15H16F4N4O3/c1-22(2)14(13(20)26)6-23(7-14)12(25)11(24)21-8-3-4-10(16)9(5-8)15(17,18)19/h3-5H,6-7H2,1-2H3,(H2,20,26)(H,21,24). The number of nitrogens with zero attached hydrogens (tertiary/aromatic N) is 2. The SMILES string of the molecule is CN(C)C1(C(N)=O)CN(C(=O)C(=O)Nc2ccc(F)c(C(F)(F)F)c2)C1. The summed E-state index contributed by atoms with van der Waals surface area (Å²) in [7, 11) is 3.17. The molecule has 0 radical (unpaired) electrons. The fraction of sp³-hybridized carbons (Fsp3) is 0.400. The maximum Gasteiger partial charge on any atom is 0.419 e. The van der Waals surface area contributed by atoms with E-state index in [9.17, 15) is 31.9 Å². The van der Waals surface area contributed by atoms with E-state index in [-0.39, 0.29) is 18.8 Å². The summed E-state index contributed by atoms with van der Waals surface area (Å²) >= 11 is 0. The number of hydrogen-bond donors (Lipinski definition) is 2. The molecule has 0 aromatic heterocycles. The van der Waals surface area contributed by atoms with Gasteiger partial charge in [0.1, 0.15) is 11.4 Å². The van der Waals surface area contributed by atoms with Crippen molar-refractivity contribution in [3.8, 4) is 0 Å². The van der Waals surface area contributed by atoms with Gasteiger partial charge in [-0.1, -0.05) is 0 Å². The number of alkyl halides is 3. The van der Waals surface area contributed by atoms with Crippen molar-refractivity contribution in [2.45, 2.75) is 11.7 Å². The second-order valence-electron chi connectivity index (χ2n) is 6.10. The first-order valence-corrected chi connectivity index (χ1v) is 7.33. The minimum atomic E-state index is -4.95. The largest absolute Gasteiger partial charge is 0.419 e. The van der Waals surface area contributed by atoms with E-state index in [1.165, 1.54) is 4.90 Å². The highest BCUT2D eigenvalue weighted by molar-refractivity contribution is 6.39. The molecule has 0 spiro atoms. The molecule has 0 atom stereocenters. The van der Waals surface area contributed by atoms with E-state index >= 15 is 0 Å². The summed E-state index contributed by atoms with van der Waals surface area (Å²) in [5, 5.41) is 1.99. The third kappa shape index (κ3) is 3.47. The van der Waals surface area contributed by atoms with Crippen LogP contribution in [-0.4, -0.2) is 60.2 Å². The van der Waals surface area contributed by atoms with Crippen molar-refractivity contribution in [3.63, 3.8) is 0 Å². The van der Waals surface area contributed by atoms with Gasteiger partial charge in [-0.2, -0.15) is 13.2 Å². The molecule has 0 saturated carbocycles. The van der Waals surface area contributed by atoms with Crippen LogP contribution in [0.1, 0.15) is 5.56 Å². The Morgan fingerprint density at radius 2 is 1.81 bits per heavy atom. The van der Waals surface area contributed by atoms with Gasteiger partial charge in [0, 0.05) is 5.69 Å². The Kier molecular flexibility index (Phi) is 4.95. The maximum atomic E-state index is 13.2. The molecule has 0 unspecified atom stereocenters. The minimum absolute atomic E-state index is 0.126. The number of likely N-dealkylation sites (tertiary alicyclic amines) is 1. The van der Waals surface area contributed by atoms with Crippen molar-refractivity contribution in [1.82, 2.24) is 9.80 Å². The van der Waals surface area contributed by atoms with Crippen LogP contribution in [-0.2, 0) is 20.6 Å². The monoisotopic (exact) mass is 376 g/mol. The van der Waals surface area contributed by atoms with Gasteiger partial charge in [0.05, 0.1) is 18.7 Å². The fourth-order valence-corrected chi connectivity index (χ4v) is 2.54. The first kappa shape index (κ1) is 19.6. The van der Waals surface area contributed by atoms with Gasteiger partial charge in [-0.15, -0.1) is 0 Å². The van der Waals surface area contributed by atoms with E-state index in [1.807, 2.05) is 5.32 Å². The first-order chi connectivity index (χ1) is 11.9. The molecular weight excluding hydrogens is 360 g/mol. The number of nitrogens with one attached hydrogen (secondary N) is 1. The second kappa shape index (κ2) is 6.56. The van der Waals surface area contributed by atoms with Crippen LogP contribution in [0, 0.1) is 5.82 Å². The summed E-state index contributed by atoms with van der Waals surface area (Å²) in [6.45, 7) is -0.252. The van der Waals surface area contributed by atoms with Crippen LogP contribution >= 0.6 is 0 Å². The number of carbonyl (C=O) groups is 3. The molecule has 142 valence electrons.